The zero-order chi connectivity index (χ0) is 18.1. The summed E-state index contributed by atoms with van der Waals surface area (Å²) in [5, 5.41) is 16.8. The highest BCUT2D eigenvalue weighted by Gasteiger charge is 2.25. The second kappa shape index (κ2) is 9.48. The number of furan rings is 1. The van der Waals surface area contributed by atoms with E-state index in [1.807, 2.05) is 6.92 Å². The third-order valence-corrected chi connectivity index (χ3v) is 4.43. The van der Waals surface area contributed by atoms with Crippen LogP contribution < -0.4 is 10.6 Å². The van der Waals surface area contributed by atoms with E-state index in [1.165, 1.54) is 18.4 Å². The maximum atomic E-state index is 12.9. The molecule has 1 atom stereocenters. The number of hydrogen-bond donors (Lipinski definition) is 3. The Morgan fingerprint density at radius 3 is 2.68 bits per heavy atom. The van der Waals surface area contributed by atoms with Crippen molar-refractivity contribution in [3.8, 4) is 0 Å². The van der Waals surface area contributed by atoms with Gasteiger partial charge in [0.15, 0.2) is 5.96 Å². The smallest absolute Gasteiger partial charge is 0.191 e. The van der Waals surface area contributed by atoms with Crippen LogP contribution in [0.2, 0.25) is 0 Å². The minimum atomic E-state index is -1.16. The minimum absolute atomic E-state index is 0.181. The number of aliphatic imine (C=N–C) groups is 1. The first-order valence-electron chi connectivity index (χ1n) is 8.18. The van der Waals surface area contributed by atoms with Gasteiger partial charge in [0.2, 0.25) is 0 Å². The number of benzene rings is 1. The summed E-state index contributed by atoms with van der Waals surface area (Å²) in [4.78, 5) is 5.44. The van der Waals surface area contributed by atoms with E-state index in [0.29, 0.717) is 18.3 Å². The highest BCUT2D eigenvalue weighted by Crippen LogP contribution is 2.21. The fraction of sp³-hybridized carbons (Fsp3) is 0.389. The molecule has 1 aromatic carbocycles. The normalized spacial score (nSPS) is 14.2. The number of rotatable bonds is 8. The van der Waals surface area contributed by atoms with Crippen LogP contribution in [0.3, 0.4) is 0 Å². The van der Waals surface area contributed by atoms with E-state index in [4.69, 9.17) is 4.42 Å². The van der Waals surface area contributed by atoms with Gasteiger partial charge in [-0.15, -0.1) is 11.8 Å². The molecule has 0 fully saturated rings. The van der Waals surface area contributed by atoms with Crippen LogP contribution in [-0.2, 0) is 5.60 Å². The van der Waals surface area contributed by atoms with Gasteiger partial charge in [-0.1, -0.05) is 0 Å². The molecule has 1 unspecified atom stereocenters. The number of thioether (sulfide) groups is 1. The van der Waals surface area contributed by atoms with Crippen molar-refractivity contribution in [1.29, 1.82) is 0 Å². The van der Waals surface area contributed by atoms with Crippen molar-refractivity contribution in [2.45, 2.75) is 24.3 Å². The molecule has 2 rings (SSSR count). The van der Waals surface area contributed by atoms with Crippen molar-refractivity contribution in [2.24, 2.45) is 4.99 Å². The van der Waals surface area contributed by atoms with Gasteiger partial charge in [0.1, 0.15) is 17.2 Å². The Labute approximate surface area is 151 Å². The van der Waals surface area contributed by atoms with Crippen molar-refractivity contribution < 1.29 is 13.9 Å². The van der Waals surface area contributed by atoms with Crippen LogP contribution in [0.1, 0.15) is 19.6 Å². The third kappa shape index (κ3) is 6.43. The molecule has 0 saturated heterocycles. The molecule has 0 aliphatic heterocycles. The molecule has 1 heterocycles. The Bertz CT molecular complexity index is 657. The molecule has 0 spiro atoms. The molecule has 0 radical (unpaired) electrons. The highest BCUT2D eigenvalue weighted by atomic mass is 32.2. The second-order valence-corrected chi connectivity index (χ2v) is 6.84. The topological polar surface area (TPSA) is 69.8 Å². The van der Waals surface area contributed by atoms with E-state index in [0.717, 1.165) is 17.2 Å². The zero-order valence-electron chi connectivity index (χ0n) is 14.5. The van der Waals surface area contributed by atoms with Gasteiger partial charge >= 0.3 is 0 Å². The average Bonchev–Trinajstić information content (AvgIpc) is 3.13. The van der Waals surface area contributed by atoms with Gasteiger partial charge in [-0.2, -0.15) is 0 Å². The van der Waals surface area contributed by atoms with E-state index < -0.39 is 5.60 Å². The number of nitrogens with one attached hydrogen (secondary N) is 2. The van der Waals surface area contributed by atoms with Crippen LogP contribution in [0.15, 0.2) is 57.0 Å². The lowest BCUT2D eigenvalue weighted by Gasteiger charge is -2.19. The van der Waals surface area contributed by atoms with Gasteiger partial charge in [0.25, 0.3) is 0 Å². The van der Waals surface area contributed by atoms with Crippen molar-refractivity contribution in [2.75, 3.05) is 25.4 Å². The van der Waals surface area contributed by atoms with Crippen LogP contribution >= 0.6 is 11.8 Å². The fourth-order valence-electron chi connectivity index (χ4n) is 2.11. The molecule has 0 saturated carbocycles. The molecule has 2 aromatic rings. The first kappa shape index (κ1) is 19.3. The Morgan fingerprint density at radius 2 is 2.04 bits per heavy atom. The van der Waals surface area contributed by atoms with E-state index >= 15 is 0 Å². The summed E-state index contributed by atoms with van der Waals surface area (Å²) >= 11 is 1.63. The number of nitrogens with zero attached hydrogens (tertiary/aromatic N) is 1. The third-order valence-electron chi connectivity index (χ3n) is 3.42. The zero-order valence-corrected chi connectivity index (χ0v) is 15.3. The predicted octanol–water partition coefficient (Wildman–Crippen LogP) is 2.97. The summed E-state index contributed by atoms with van der Waals surface area (Å²) in [5.74, 6) is 1.70. The second-order valence-electron chi connectivity index (χ2n) is 5.68. The minimum Gasteiger partial charge on any atom is -0.466 e. The molecule has 25 heavy (non-hydrogen) atoms. The van der Waals surface area contributed by atoms with Gasteiger partial charge in [-0.3, -0.25) is 0 Å². The van der Waals surface area contributed by atoms with Crippen molar-refractivity contribution in [3.63, 3.8) is 0 Å². The van der Waals surface area contributed by atoms with Crippen LogP contribution in [0.5, 0.6) is 0 Å². The van der Waals surface area contributed by atoms with Crippen LogP contribution in [0.25, 0.3) is 0 Å². The molecule has 0 bridgehead atoms. The van der Waals surface area contributed by atoms with Crippen LogP contribution in [0.4, 0.5) is 4.39 Å². The Kier molecular flexibility index (Phi) is 7.33. The molecule has 7 heteroatoms. The van der Waals surface area contributed by atoms with Crippen molar-refractivity contribution in [3.05, 3.63) is 54.2 Å². The standard InChI is InChI=1S/C18H24FN3O2S/c1-3-20-17(22-13-18(2,23)16-5-4-11-24-16)21-10-12-25-15-8-6-14(19)7-9-15/h4-9,11,23H,3,10,12-13H2,1-2H3,(H2,20,21,22). The molecule has 5 nitrogen and oxygen atoms in total. The maximum absolute atomic E-state index is 12.9. The fourth-order valence-corrected chi connectivity index (χ4v) is 2.88. The van der Waals surface area contributed by atoms with Gasteiger partial charge < -0.3 is 20.2 Å². The van der Waals surface area contributed by atoms with Gasteiger partial charge in [-0.25, -0.2) is 9.38 Å². The number of halogens is 1. The Hall–Kier alpha value is -1.99. The van der Waals surface area contributed by atoms with Crippen molar-refractivity contribution in [1.82, 2.24) is 10.6 Å². The SMILES string of the molecule is CCNC(=NCC(C)(O)c1ccco1)NCCSc1ccc(F)cc1. The lowest BCUT2D eigenvalue weighted by Crippen LogP contribution is -2.39. The number of aliphatic hydroxyl groups is 1. The summed E-state index contributed by atoms with van der Waals surface area (Å²) in [6.07, 6.45) is 1.53. The quantitative estimate of drug-likeness (QED) is 0.290. The summed E-state index contributed by atoms with van der Waals surface area (Å²) in [5.41, 5.74) is -1.16. The number of guanidine groups is 1. The first-order valence-corrected chi connectivity index (χ1v) is 9.17. The molecule has 3 N–H and O–H groups in total. The largest absolute Gasteiger partial charge is 0.466 e. The number of hydrogen-bond acceptors (Lipinski definition) is 4. The van der Waals surface area contributed by atoms with Gasteiger partial charge in [0.05, 0.1) is 12.8 Å². The molecule has 136 valence electrons. The first-order chi connectivity index (χ1) is 12.0. The van der Waals surface area contributed by atoms with Crippen molar-refractivity contribution >= 4 is 17.7 Å². The Balaban J connectivity index is 1.82. The van der Waals surface area contributed by atoms with Gasteiger partial charge in [0, 0.05) is 23.7 Å². The molecular weight excluding hydrogens is 341 g/mol. The Morgan fingerprint density at radius 1 is 1.28 bits per heavy atom. The summed E-state index contributed by atoms with van der Waals surface area (Å²) in [6.45, 7) is 5.25. The highest BCUT2D eigenvalue weighted by molar-refractivity contribution is 7.99. The summed E-state index contributed by atoms with van der Waals surface area (Å²) in [7, 11) is 0. The predicted molar refractivity (Wildman–Crippen MR) is 99.4 cm³/mol. The summed E-state index contributed by atoms with van der Waals surface area (Å²) in [6, 6.07) is 9.91. The van der Waals surface area contributed by atoms with Gasteiger partial charge in [-0.05, 0) is 50.2 Å². The molecule has 1 aromatic heterocycles. The maximum Gasteiger partial charge on any atom is 0.191 e. The average molecular weight is 365 g/mol. The van der Waals surface area contributed by atoms with E-state index in [1.54, 1.807) is 43.0 Å². The monoisotopic (exact) mass is 365 g/mol. The van der Waals surface area contributed by atoms with E-state index in [9.17, 15) is 9.50 Å². The molecule has 0 amide bonds. The molecule has 0 aliphatic rings. The summed E-state index contributed by atoms with van der Waals surface area (Å²) < 4.78 is 18.1. The lowest BCUT2D eigenvalue weighted by molar-refractivity contribution is 0.0437. The molecule has 0 aliphatic carbocycles. The van der Waals surface area contributed by atoms with E-state index in [2.05, 4.69) is 15.6 Å². The molecular formula is C18H24FN3O2S. The van der Waals surface area contributed by atoms with E-state index in [-0.39, 0.29) is 12.4 Å². The van der Waals surface area contributed by atoms with Crippen LogP contribution in [0, 0.1) is 5.82 Å². The van der Waals surface area contributed by atoms with Crippen LogP contribution in [-0.4, -0.2) is 36.5 Å². The lowest BCUT2D eigenvalue weighted by atomic mass is 10.0.